The molecule has 26 heavy (non-hydrogen) atoms. The molecule has 0 aliphatic rings. The summed E-state index contributed by atoms with van der Waals surface area (Å²) in [5, 5.41) is 1.05. The van der Waals surface area contributed by atoms with E-state index in [2.05, 4.69) is 46.8 Å². The molecule has 0 aliphatic carbocycles. The summed E-state index contributed by atoms with van der Waals surface area (Å²) in [6.07, 6.45) is 0. The Labute approximate surface area is 170 Å². The Kier molecular flexibility index (Phi) is 7.97. The van der Waals surface area contributed by atoms with E-state index in [0.717, 1.165) is 16.4 Å². The van der Waals surface area contributed by atoms with Gasteiger partial charge in [0.05, 0.1) is 19.8 Å². The first-order valence-corrected chi connectivity index (χ1v) is 9.17. The summed E-state index contributed by atoms with van der Waals surface area (Å²) >= 11 is 0. The van der Waals surface area contributed by atoms with Gasteiger partial charge in [-0.2, -0.15) is 5.30 Å². The predicted octanol–water partition coefficient (Wildman–Crippen LogP) is 2.03. The summed E-state index contributed by atoms with van der Waals surface area (Å²) in [6, 6.07) is 9.76. The molecule has 0 aliphatic heterocycles. The topological polar surface area (TPSA) is 35.5 Å². The molecule has 0 atom stereocenters. The first-order chi connectivity index (χ1) is 11.7. The number of aryl methyl sites for hydroxylation is 2. The fourth-order valence-electron chi connectivity index (χ4n) is 2.78. The molecular formula is C21H26LiO3P. The van der Waals surface area contributed by atoms with Gasteiger partial charge in [-0.25, -0.2) is 0 Å². The summed E-state index contributed by atoms with van der Waals surface area (Å²) in [5.74, 6) is 1.08. The molecule has 0 amide bonds. The minimum Gasteiger partial charge on any atom is -0.496 e. The SMILES string of the molecule is COc1cccc(OC)c1C(=O)[P-]c1c(C)cc(C(C)(C)C)cc1C.[Li+]. The average molecular weight is 364 g/mol. The normalized spacial score (nSPS) is 11.3. The van der Waals surface area contributed by atoms with Crippen LogP contribution in [0.1, 0.15) is 47.8 Å². The Morgan fingerprint density at radius 3 is 1.81 bits per heavy atom. The number of rotatable bonds is 5. The molecule has 3 nitrogen and oxygen atoms in total. The van der Waals surface area contributed by atoms with Gasteiger partial charge in [-0.1, -0.05) is 50.1 Å². The molecule has 0 N–H and O–H groups in total. The van der Waals surface area contributed by atoms with E-state index in [1.54, 1.807) is 26.4 Å². The van der Waals surface area contributed by atoms with Crippen LogP contribution in [0.3, 0.4) is 0 Å². The van der Waals surface area contributed by atoms with Gasteiger partial charge in [-0.05, 0) is 37.0 Å². The third-order valence-electron chi connectivity index (χ3n) is 4.21. The molecule has 0 saturated carbocycles. The van der Waals surface area contributed by atoms with Crippen LogP contribution in [0.2, 0.25) is 0 Å². The molecular weight excluding hydrogens is 338 g/mol. The van der Waals surface area contributed by atoms with Crippen LogP contribution in [0.25, 0.3) is 0 Å². The Morgan fingerprint density at radius 2 is 1.42 bits per heavy atom. The standard InChI is InChI=1S/C21H26O3P.Li/c1-13-11-15(21(3,4)5)12-14(2)19(13)25-20(22)18-16(23-6)9-8-10-17(18)24-7;/h8-12H,1-7H3;/q-1;+1. The average Bonchev–Trinajstić information content (AvgIpc) is 2.55. The zero-order chi connectivity index (χ0) is 18.8. The largest absolute Gasteiger partial charge is 1.00 e. The number of benzene rings is 2. The van der Waals surface area contributed by atoms with Crippen molar-refractivity contribution < 1.29 is 33.1 Å². The van der Waals surface area contributed by atoms with Crippen LogP contribution in [0.15, 0.2) is 30.3 Å². The van der Waals surface area contributed by atoms with Gasteiger partial charge in [-0.3, -0.25) is 0 Å². The van der Waals surface area contributed by atoms with Crippen molar-refractivity contribution in [3.63, 3.8) is 0 Å². The van der Waals surface area contributed by atoms with E-state index in [1.807, 2.05) is 6.07 Å². The molecule has 2 aromatic rings. The molecule has 0 saturated heterocycles. The van der Waals surface area contributed by atoms with Crippen LogP contribution in [-0.2, 0) is 5.41 Å². The second-order valence-electron chi connectivity index (χ2n) is 7.16. The van der Waals surface area contributed by atoms with Crippen LogP contribution in [0, 0.1) is 13.8 Å². The van der Waals surface area contributed by atoms with Crippen molar-refractivity contribution in [3.05, 3.63) is 52.6 Å². The third-order valence-corrected chi connectivity index (χ3v) is 5.57. The van der Waals surface area contributed by atoms with Crippen molar-refractivity contribution in [2.24, 2.45) is 0 Å². The van der Waals surface area contributed by atoms with E-state index < -0.39 is 0 Å². The Bertz CT molecular complexity index is 749. The van der Waals surface area contributed by atoms with Crippen LogP contribution < -0.4 is 33.6 Å². The Morgan fingerprint density at radius 1 is 0.962 bits per heavy atom. The minimum absolute atomic E-state index is 0. The fraction of sp³-hybridized carbons (Fsp3) is 0.381. The number of hydrogen-bond acceptors (Lipinski definition) is 3. The van der Waals surface area contributed by atoms with Gasteiger partial charge in [0.25, 0.3) is 0 Å². The van der Waals surface area contributed by atoms with Crippen LogP contribution >= 0.6 is 8.58 Å². The fourth-order valence-corrected chi connectivity index (χ4v) is 3.80. The summed E-state index contributed by atoms with van der Waals surface area (Å²) in [6.45, 7) is 10.7. The second-order valence-corrected chi connectivity index (χ2v) is 8.24. The Balaban J connectivity index is 0.00000338. The maximum atomic E-state index is 13.0. The maximum Gasteiger partial charge on any atom is 1.00 e. The van der Waals surface area contributed by atoms with Crippen molar-refractivity contribution in [1.82, 2.24) is 0 Å². The van der Waals surface area contributed by atoms with Crippen molar-refractivity contribution in [3.8, 4) is 11.5 Å². The van der Waals surface area contributed by atoms with Crippen molar-refractivity contribution >= 4 is 19.4 Å². The molecule has 2 aromatic carbocycles. The zero-order valence-corrected chi connectivity index (χ0v) is 18.0. The summed E-state index contributed by atoms with van der Waals surface area (Å²) < 4.78 is 10.7. The van der Waals surface area contributed by atoms with Gasteiger partial charge in [0, 0.05) is 5.52 Å². The van der Waals surface area contributed by atoms with E-state index in [9.17, 15) is 4.79 Å². The second kappa shape index (κ2) is 9.09. The zero-order valence-electron chi connectivity index (χ0n) is 17.1. The molecule has 5 heteroatoms. The number of methoxy groups -OCH3 is 2. The van der Waals surface area contributed by atoms with Crippen LogP contribution in [-0.4, -0.2) is 19.7 Å². The predicted molar refractivity (Wildman–Crippen MR) is 105 cm³/mol. The summed E-state index contributed by atoms with van der Waals surface area (Å²) in [4.78, 5) is 13.0. The number of ether oxygens (including phenoxy) is 2. The van der Waals surface area contributed by atoms with Gasteiger partial charge in [0.15, 0.2) is 0 Å². The Hall–Kier alpha value is -1.26. The molecule has 0 fully saturated rings. The van der Waals surface area contributed by atoms with Crippen molar-refractivity contribution in [1.29, 1.82) is 0 Å². The van der Waals surface area contributed by atoms with E-state index >= 15 is 0 Å². The molecule has 0 heterocycles. The molecule has 0 unspecified atom stereocenters. The number of hydrogen-bond donors (Lipinski definition) is 0. The van der Waals surface area contributed by atoms with E-state index in [0.29, 0.717) is 25.6 Å². The molecule has 0 aromatic heterocycles. The molecule has 0 spiro atoms. The van der Waals surface area contributed by atoms with Gasteiger partial charge < -0.3 is 22.8 Å². The van der Waals surface area contributed by atoms with Crippen molar-refractivity contribution in [2.75, 3.05) is 14.2 Å². The van der Waals surface area contributed by atoms with E-state index in [1.165, 1.54) is 5.56 Å². The van der Waals surface area contributed by atoms with Gasteiger partial charge in [0.1, 0.15) is 11.5 Å². The summed E-state index contributed by atoms with van der Waals surface area (Å²) in [5.41, 5.74) is 4.10. The van der Waals surface area contributed by atoms with Gasteiger partial charge in [-0.15, -0.1) is 0 Å². The van der Waals surface area contributed by atoms with Crippen molar-refractivity contribution in [2.45, 2.75) is 40.0 Å². The monoisotopic (exact) mass is 364 g/mol. The maximum absolute atomic E-state index is 13.0. The van der Waals surface area contributed by atoms with E-state index in [-0.39, 0.29) is 29.8 Å². The first-order valence-electron chi connectivity index (χ1n) is 8.27. The van der Waals surface area contributed by atoms with Gasteiger partial charge >= 0.3 is 18.9 Å². The molecule has 2 rings (SSSR count). The third kappa shape index (κ3) is 4.92. The number of carbonyl (C=O) groups is 1. The first kappa shape index (κ1) is 22.8. The van der Waals surface area contributed by atoms with E-state index in [4.69, 9.17) is 9.47 Å². The summed E-state index contributed by atoms with van der Waals surface area (Å²) in [7, 11) is 3.76. The van der Waals surface area contributed by atoms with Crippen LogP contribution in [0.4, 0.5) is 0 Å². The molecule has 0 bridgehead atoms. The quantitative estimate of drug-likeness (QED) is 0.602. The smallest absolute Gasteiger partial charge is 0.496 e. The number of carbonyl (C=O) groups excluding carboxylic acids is 1. The minimum atomic E-state index is -0.0241. The van der Waals surface area contributed by atoms with Gasteiger partial charge in [0.2, 0.25) is 0 Å². The van der Waals surface area contributed by atoms with Crippen LogP contribution in [0.5, 0.6) is 11.5 Å². The molecule has 134 valence electrons. The molecule has 0 radical (unpaired) electrons.